The third-order valence-corrected chi connectivity index (χ3v) is 6.61. The molecule has 11 heteroatoms. The van der Waals surface area contributed by atoms with Crippen LogP contribution in [0.4, 0.5) is 14.9 Å². The minimum atomic E-state index is -4.23. The van der Waals surface area contributed by atoms with Crippen molar-refractivity contribution < 1.29 is 17.6 Å². The van der Waals surface area contributed by atoms with Crippen LogP contribution in [-0.4, -0.2) is 54.7 Å². The monoisotopic (exact) mass is 456 g/mol. The number of urea groups is 1. The van der Waals surface area contributed by atoms with Gasteiger partial charge in [-0.1, -0.05) is 0 Å². The van der Waals surface area contributed by atoms with Crippen LogP contribution < -0.4 is 10.0 Å². The molecule has 3 aromatic rings. The second kappa shape index (κ2) is 8.60. The van der Waals surface area contributed by atoms with Crippen LogP contribution in [0.1, 0.15) is 11.1 Å². The van der Waals surface area contributed by atoms with Gasteiger partial charge in [0.05, 0.1) is 5.69 Å². The Morgan fingerprint density at radius 1 is 1.12 bits per heavy atom. The van der Waals surface area contributed by atoms with Crippen molar-refractivity contribution in [3.05, 3.63) is 65.9 Å². The second-order valence-electron chi connectivity index (χ2n) is 7.62. The molecule has 2 heterocycles. The van der Waals surface area contributed by atoms with Gasteiger partial charge in [0.15, 0.2) is 5.03 Å². The SMILES string of the molecule is CN(C)C1Cc2c(F)cc(-c3ccncc3)c(NC(=O)NS(=O)(=O)c3cccnn3)c2C1. The highest BCUT2D eigenvalue weighted by Gasteiger charge is 2.31. The number of anilines is 1. The summed E-state index contributed by atoms with van der Waals surface area (Å²) in [6.07, 6.45) is 5.43. The van der Waals surface area contributed by atoms with E-state index >= 15 is 4.39 Å². The summed E-state index contributed by atoms with van der Waals surface area (Å²) in [5, 5.41) is 9.31. The largest absolute Gasteiger partial charge is 0.333 e. The molecule has 0 spiro atoms. The molecule has 2 N–H and O–H groups in total. The van der Waals surface area contributed by atoms with Crippen LogP contribution in [0.15, 0.2) is 53.9 Å². The number of sulfonamides is 1. The number of carbonyl (C=O) groups excluding carboxylic acids is 1. The number of likely N-dealkylation sites (N-methyl/N-ethyl adjacent to an activating group) is 1. The fraction of sp³-hybridized carbons (Fsp3) is 0.238. The summed E-state index contributed by atoms with van der Waals surface area (Å²) in [6, 6.07) is 6.45. The molecule has 1 aliphatic rings. The molecule has 0 fully saturated rings. The molecule has 2 aromatic heterocycles. The Kier molecular flexibility index (Phi) is 5.85. The van der Waals surface area contributed by atoms with Crippen LogP contribution >= 0.6 is 0 Å². The van der Waals surface area contributed by atoms with Crippen molar-refractivity contribution in [2.45, 2.75) is 23.9 Å². The van der Waals surface area contributed by atoms with Crippen molar-refractivity contribution in [3.8, 4) is 11.1 Å². The summed E-state index contributed by atoms with van der Waals surface area (Å²) in [5.74, 6) is -0.366. The lowest BCUT2D eigenvalue weighted by Gasteiger charge is -2.19. The zero-order valence-electron chi connectivity index (χ0n) is 17.4. The number of aromatic nitrogens is 3. The van der Waals surface area contributed by atoms with Crippen LogP contribution in [0.25, 0.3) is 11.1 Å². The van der Waals surface area contributed by atoms with E-state index < -0.39 is 16.1 Å². The van der Waals surface area contributed by atoms with Gasteiger partial charge in [-0.3, -0.25) is 4.98 Å². The standard InChI is InChI=1S/C21H21FN6O3S/c1-28(2)14-10-16-17(11-14)20(15(12-18(16)22)13-5-8-23-9-6-13)25-21(29)27-32(30,31)19-4-3-7-24-26-19/h3-9,12,14H,10-11H2,1-2H3,(H2,25,27,29). The summed E-state index contributed by atoms with van der Waals surface area (Å²) >= 11 is 0. The van der Waals surface area contributed by atoms with Crippen molar-refractivity contribution in [1.29, 1.82) is 0 Å². The van der Waals surface area contributed by atoms with Crippen LogP contribution in [0.3, 0.4) is 0 Å². The van der Waals surface area contributed by atoms with E-state index in [1.54, 1.807) is 24.5 Å². The third-order valence-electron chi connectivity index (χ3n) is 5.38. The Bertz CT molecular complexity index is 1250. The zero-order valence-corrected chi connectivity index (χ0v) is 18.2. The molecule has 32 heavy (non-hydrogen) atoms. The number of hydrogen-bond donors (Lipinski definition) is 2. The summed E-state index contributed by atoms with van der Waals surface area (Å²) in [4.78, 5) is 18.7. The topological polar surface area (TPSA) is 117 Å². The number of amides is 2. The van der Waals surface area contributed by atoms with Gasteiger partial charge >= 0.3 is 6.03 Å². The van der Waals surface area contributed by atoms with Crippen molar-refractivity contribution in [2.24, 2.45) is 0 Å². The number of fused-ring (bicyclic) bond motifs is 1. The molecule has 0 saturated heterocycles. The fourth-order valence-corrected chi connectivity index (χ4v) is 4.56. The van der Waals surface area contributed by atoms with E-state index in [1.165, 1.54) is 24.4 Å². The lowest BCUT2D eigenvalue weighted by atomic mass is 9.97. The molecule has 0 aliphatic heterocycles. The van der Waals surface area contributed by atoms with E-state index in [2.05, 4.69) is 20.5 Å². The normalized spacial score (nSPS) is 15.4. The second-order valence-corrected chi connectivity index (χ2v) is 9.25. The Hall–Kier alpha value is -3.44. The molecule has 1 atom stereocenters. The molecule has 166 valence electrons. The van der Waals surface area contributed by atoms with E-state index in [-0.39, 0.29) is 16.9 Å². The van der Waals surface area contributed by atoms with Gasteiger partial charge in [-0.25, -0.2) is 13.9 Å². The number of carbonyl (C=O) groups is 1. The molecular weight excluding hydrogens is 435 g/mol. The highest BCUT2D eigenvalue weighted by molar-refractivity contribution is 7.90. The first-order chi connectivity index (χ1) is 15.3. The Balaban J connectivity index is 1.73. The molecule has 9 nitrogen and oxygen atoms in total. The van der Waals surface area contributed by atoms with Gasteiger partial charge in [0.25, 0.3) is 10.0 Å². The Labute approximate surface area is 184 Å². The first-order valence-electron chi connectivity index (χ1n) is 9.79. The van der Waals surface area contributed by atoms with Gasteiger partial charge in [0, 0.05) is 30.2 Å². The van der Waals surface area contributed by atoms with Crippen LogP contribution in [0.2, 0.25) is 0 Å². The van der Waals surface area contributed by atoms with Crippen molar-refractivity contribution in [1.82, 2.24) is 24.8 Å². The number of nitrogens with one attached hydrogen (secondary N) is 2. The van der Waals surface area contributed by atoms with Gasteiger partial charge in [-0.2, -0.15) is 13.5 Å². The van der Waals surface area contributed by atoms with Gasteiger partial charge < -0.3 is 10.2 Å². The minimum Gasteiger partial charge on any atom is -0.306 e. The molecule has 1 unspecified atom stereocenters. The lowest BCUT2D eigenvalue weighted by molar-refractivity contribution is 0.256. The first-order valence-corrected chi connectivity index (χ1v) is 11.3. The summed E-state index contributed by atoms with van der Waals surface area (Å²) in [7, 11) is -0.415. The van der Waals surface area contributed by atoms with Gasteiger partial charge in [0.2, 0.25) is 0 Å². The maximum Gasteiger partial charge on any atom is 0.333 e. The molecule has 2 amide bonds. The number of hydrogen-bond acceptors (Lipinski definition) is 7. The Morgan fingerprint density at radius 3 is 2.50 bits per heavy atom. The maximum absolute atomic E-state index is 15.0. The number of rotatable bonds is 5. The van der Waals surface area contributed by atoms with E-state index in [9.17, 15) is 13.2 Å². The van der Waals surface area contributed by atoms with Crippen molar-refractivity contribution in [3.63, 3.8) is 0 Å². The van der Waals surface area contributed by atoms with Gasteiger partial charge in [-0.05, 0) is 74.0 Å². The molecule has 1 aliphatic carbocycles. The summed E-state index contributed by atoms with van der Waals surface area (Å²) < 4.78 is 41.9. The Morgan fingerprint density at radius 2 is 1.84 bits per heavy atom. The molecule has 4 rings (SSSR count). The van der Waals surface area contributed by atoms with Gasteiger partial charge in [0.1, 0.15) is 5.82 Å². The molecule has 0 radical (unpaired) electrons. The average molecular weight is 457 g/mol. The summed E-state index contributed by atoms with van der Waals surface area (Å²) in [6.45, 7) is 0. The number of halogens is 1. The van der Waals surface area contributed by atoms with E-state index in [0.717, 1.165) is 0 Å². The van der Waals surface area contributed by atoms with Crippen LogP contribution in [0.5, 0.6) is 0 Å². The lowest BCUT2D eigenvalue weighted by Crippen LogP contribution is -2.35. The molecule has 0 bridgehead atoms. The number of nitrogens with zero attached hydrogens (tertiary/aromatic N) is 4. The third kappa shape index (κ3) is 4.30. The van der Waals surface area contributed by atoms with E-state index in [1.807, 2.05) is 23.7 Å². The number of pyridine rings is 1. The van der Waals surface area contributed by atoms with E-state index in [0.29, 0.717) is 40.8 Å². The van der Waals surface area contributed by atoms with Crippen LogP contribution in [-0.2, 0) is 22.9 Å². The van der Waals surface area contributed by atoms with Gasteiger partial charge in [-0.15, -0.1) is 5.10 Å². The van der Waals surface area contributed by atoms with E-state index in [4.69, 9.17) is 0 Å². The zero-order chi connectivity index (χ0) is 22.9. The maximum atomic E-state index is 15.0. The number of benzene rings is 1. The molecule has 1 aromatic carbocycles. The first kappa shape index (κ1) is 21.8. The quantitative estimate of drug-likeness (QED) is 0.605. The summed E-state index contributed by atoms with van der Waals surface area (Å²) in [5.41, 5.74) is 2.59. The highest BCUT2D eigenvalue weighted by Crippen LogP contribution is 2.40. The van der Waals surface area contributed by atoms with Crippen molar-refractivity contribution in [2.75, 3.05) is 19.4 Å². The smallest absolute Gasteiger partial charge is 0.306 e. The van der Waals surface area contributed by atoms with Crippen molar-refractivity contribution >= 4 is 21.7 Å². The minimum absolute atomic E-state index is 0.0547. The predicted octanol–water partition coefficient (Wildman–Crippen LogP) is 2.22. The fourth-order valence-electron chi connectivity index (χ4n) is 3.74. The molecule has 0 saturated carbocycles. The average Bonchev–Trinajstić information content (AvgIpc) is 3.23. The highest BCUT2D eigenvalue weighted by atomic mass is 32.2. The molecular formula is C21H21FN6O3S. The van der Waals surface area contributed by atoms with Crippen LogP contribution in [0, 0.1) is 5.82 Å². The predicted molar refractivity (Wildman–Crippen MR) is 116 cm³/mol.